The predicted octanol–water partition coefficient (Wildman–Crippen LogP) is 4.35. The third kappa shape index (κ3) is 3.74. The van der Waals surface area contributed by atoms with E-state index in [1.807, 2.05) is 6.20 Å². The number of nitrogens with zero attached hydrogens (tertiary/aromatic N) is 1. The highest BCUT2D eigenvalue weighted by Gasteiger charge is 2.07. The van der Waals surface area contributed by atoms with Crippen molar-refractivity contribution in [1.82, 2.24) is 4.98 Å². The van der Waals surface area contributed by atoms with Gasteiger partial charge in [-0.3, -0.25) is 0 Å². The number of thioether (sulfide) groups is 1. The monoisotopic (exact) mass is 225 g/mol. The second-order valence-electron chi connectivity index (χ2n) is 3.71. The van der Waals surface area contributed by atoms with Gasteiger partial charge in [-0.15, -0.1) is 11.8 Å². The number of hydrogen-bond donors (Lipinski definition) is 0. The third-order valence-corrected chi connectivity index (χ3v) is 3.48. The van der Waals surface area contributed by atoms with Gasteiger partial charge in [0.05, 0.1) is 11.9 Å². The molecule has 0 N–H and O–H groups in total. The van der Waals surface area contributed by atoms with Crippen LogP contribution >= 0.6 is 11.8 Å². The van der Waals surface area contributed by atoms with Crippen LogP contribution < -0.4 is 0 Å². The van der Waals surface area contributed by atoms with Gasteiger partial charge < -0.3 is 4.42 Å². The maximum absolute atomic E-state index is 5.63. The molecule has 3 heteroatoms. The molecule has 0 bridgehead atoms. The van der Waals surface area contributed by atoms with Crippen LogP contribution in [0.2, 0.25) is 0 Å². The zero-order valence-corrected chi connectivity index (χ0v) is 10.7. The molecule has 0 aliphatic carbocycles. The van der Waals surface area contributed by atoms with Gasteiger partial charge in [0.2, 0.25) is 5.89 Å². The van der Waals surface area contributed by atoms with E-state index in [1.54, 1.807) is 11.8 Å². The standard InChI is InChI=1S/C12H19NOS/c1-5-10(6-2)15-8-12-13-7-11(14-12)9(3)4/h5,7,9H,6,8H2,1-4H3/b10-5+. The van der Waals surface area contributed by atoms with Gasteiger partial charge in [0.1, 0.15) is 5.76 Å². The largest absolute Gasteiger partial charge is 0.445 e. The van der Waals surface area contributed by atoms with Crippen LogP contribution in [0.4, 0.5) is 0 Å². The topological polar surface area (TPSA) is 26.0 Å². The normalized spacial score (nSPS) is 12.5. The van der Waals surface area contributed by atoms with Crippen LogP contribution in [0.15, 0.2) is 21.6 Å². The van der Waals surface area contributed by atoms with Crippen LogP contribution in [0.25, 0.3) is 0 Å². The number of hydrogen-bond acceptors (Lipinski definition) is 3. The molecule has 0 aliphatic heterocycles. The molecule has 1 aromatic heterocycles. The molecule has 0 spiro atoms. The molecule has 1 heterocycles. The van der Waals surface area contributed by atoms with Crippen molar-refractivity contribution in [2.24, 2.45) is 0 Å². The predicted molar refractivity (Wildman–Crippen MR) is 65.9 cm³/mol. The summed E-state index contributed by atoms with van der Waals surface area (Å²) in [5.74, 6) is 3.06. The van der Waals surface area contributed by atoms with E-state index in [0.717, 1.165) is 23.8 Å². The van der Waals surface area contributed by atoms with Gasteiger partial charge in [0.25, 0.3) is 0 Å². The fourth-order valence-corrected chi connectivity index (χ4v) is 2.02. The quantitative estimate of drug-likeness (QED) is 0.745. The third-order valence-electron chi connectivity index (χ3n) is 2.19. The molecule has 0 saturated carbocycles. The van der Waals surface area contributed by atoms with Gasteiger partial charge in [-0.05, 0) is 18.2 Å². The molecule has 84 valence electrons. The SMILES string of the molecule is C/C=C(\CC)SCc1ncc(C(C)C)o1. The number of aromatic nitrogens is 1. The van der Waals surface area contributed by atoms with Gasteiger partial charge in [-0.25, -0.2) is 4.98 Å². The first-order valence-corrected chi connectivity index (χ1v) is 6.38. The van der Waals surface area contributed by atoms with Gasteiger partial charge in [-0.2, -0.15) is 0 Å². The fraction of sp³-hybridized carbons (Fsp3) is 0.583. The summed E-state index contributed by atoms with van der Waals surface area (Å²) in [6, 6.07) is 0. The van der Waals surface area contributed by atoms with E-state index in [9.17, 15) is 0 Å². The van der Waals surface area contributed by atoms with E-state index in [-0.39, 0.29) is 0 Å². The molecule has 0 aliphatic rings. The summed E-state index contributed by atoms with van der Waals surface area (Å²) >= 11 is 1.80. The van der Waals surface area contributed by atoms with Gasteiger partial charge >= 0.3 is 0 Å². The molecule has 0 unspecified atom stereocenters. The van der Waals surface area contributed by atoms with Crippen molar-refractivity contribution >= 4 is 11.8 Å². The molecule has 2 nitrogen and oxygen atoms in total. The van der Waals surface area contributed by atoms with Crippen molar-refractivity contribution < 1.29 is 4.42 Å². The molecule has 0 amide bonds. The van der Waals surface area contributed by atoms with Gasteiger partial charge in [-0.1, -0.05) is 26.8 Å². The lowest BCUT2D eigenvalue weighted by Gasteiger charge is -2.01. The molecule has 0 atom stereocenters. The van der Waals surface area contributed by atoms with Crippen LogP contribution in [0.3, 0.4) is 0 Å². The van der Waals surface area contributed by atoms with Crippen LogP contribution in [-0.4, -0.2) is 4.98 Å². The summed E-state index contributed by atoms with van der Waals surface area (Å²) in [5.41, 5.74) is 0. The van der Waals surface area contributed by atoms with E-state index < -0.39 is 0 Å². The first-order chi connectivity index (χ1) is 7.17. The lowest BCUT2D eigenvalue weighted by atomic mass is 10.2. The van der Waals surface area contributed by atoms with Crippen molar-refractivity contribution in [3.63, 3.8) is 0 Å². The van der Waals surface area contributed by atoms with Gasteiger partial charge in [0.15, 0.2) is 0 Å². The molecular formula is C12H19NOS. The Labute approximate surface area is 96.2 Å². The van der Waals surface area contributed by atoms with E-state index >= 15 is 0 Å². The van der Waals surface area contributed by atoms with Crippen LogP contribution in [0.1, 0.15) is 51.7 Å². The number of allylic oxidation sites excluding steroid dienone is 2. The Kier molecular flexibility index (Phi) is 4.95. The van der Waals surface area contributed by atoms with Crippen molar-refractivity contribution in [3.05, 3.63) is 28.8 Å². The molecule has 0 saturated heterocycles. The molecule has 0 radical (unpaired) electrons. The Hall–Kier alpha value is -0.700. The summed E-state index contributed by atoms with van der Waals surface area (Å²) in [4.78, 5) is 5.65. The Balaban J connectivity index is 2.51. The van der Waals surface area contributed by atoms with Crippen molar-refractivity contribution in [2.75, 3.05) is 0 Å². The summed E-state index contributed by atoms with van der Waals surface area (Å²) in [5, 5.41) is 0. The first-order valence-electron chi connectivity index (χ1n) is 5.40. The highest BCUT2D eigenvalue weighted by Crippen LogP contribution is 2.24. The van der Waals surface area contributed by atoms with Crippen LogP contribution in [0, 0.1) is 0 Å². The second kappa shape index (κ2) is 6.01. The van der Waals surface area contributed by atoms with E-state index in [2.05, 4.69) is 38.8 Å². The summed E-state index contributed by atoms with van der Waals surface area (Å²) in [7, 11) is 0. The molecular weight excluding hydrogens is 206 g/mol. The second-order valence-corrected chi connectivity index (χ2v) is 4.81. The average Bonchev–Trinajstić information content (AvgIpc) is 2.68. The highest BCUT2D eigenvalue weighted by atomic mass is 32.2. The molecule has 1 aromatic rings. The van der Waals surface area contributed by atoms with Gasteiger partial charge in [0, 0.05) is 5.92 Å². The average molecular weight is 225 g/mol. The summed E-state index contributed by atoms with van der Waals surface area (Å²) in [6.45, 7) is 8.46. The number of rotatable bonds is 5. The maximum atomic E-state index is 5.63. The fourth-order valence-electron chi connectivity index (χ4n) is 1.20. The Morgan fingerprint density at radius 1 is 1.60 bits per heavy atom. The lowest BCUT2D eigenvalue weighted by molar-refractivity contribution is 0.454. The summed E-state index contributed by atoms with van der Waals surface area (Å²) in [6.07, 6.45) is 5.07. The smallest absolute Gasteiger partial charge is 0.204 e. The van der Waals surface area contributed by atoms with Crippen molar-refractivity contribution in [2.45, 2.75) is 45.8 Å². The lowest BCUT2D eigenvalue weighted by Crippen LogP contribution is -1.82. The zero-order valence-electron chi connectivity index (χ0n) is 9.91. The van der Waals surface area contributed by atoms with Crippen molar-refractivity contribution in [1.29, 1.82) is 0 Å². The number of oxazole rings is 1. The van der Waals surface area contributed by atoms with E-state index in [1.165, 1.54) is 4.91 Å². The molecule has 1 rings (SSSR count). The Morgan fingerprint density at radius 3 is 2.80 bits per heavy atom. The highest BCUT2D eigenvalue weighted by molar-refractivity contribution is 8.02. The van der Waals surface area contributed by atoms with Crippen LogP contribution in [0.5, 0.6) is 0 Å². The van der Waals surface area contributed by atoms with Crippen LogP contribution in [-0.2, 0) is 5.75 Å². The summed E-state index contributed by atoms with van der Waals surface area (Å²) < 4.78 is 5.63. The minimum atomic E-state index is 0.420. The maximum Gasteiger partial charge on any atom is 0.204 e. The first kappa shape index (κ1) is 12.4. The van der Waals surface area contributed by atoms with Crippen molar-refractivity contribution in [3.8, 4) is 0 Å². The Morgan fingerprint density at radius 2 is 2.33 bits per heavy atom. The molecule has 0 fully saturated rings. The zero-order chi connectivity index (χ0) is 11.3. The van der Waals surface area contributed by atoms with E-state index in [0.29, 0.717) is 5.92 Å². The van der Waals surface area contributed by atoms with E-state index in [4.69, 9.17) is 4.42 Å². The molecule has 0 aromatic carbocycles. The molecule has 15 heavy (non-hydrogen) atoms. The minimum Gasteiger partial charge on any atom is -0.445 e. The minimum absolute atomic E-state index is 0.420. The Bertz CT molecular complexity index is 328.